The summed E-state index contributed by atoms with van der Waals surface area (Å²) in [5.41, 5.74) is 2.44. The molecule has 1 aliphatic rings. The van der Waals surface area contributed by atoms with Crippen molar-refractivity contribution in [1.82, 2.24) is 4.90 Å². The number of benzene rings is 2. The molecule has 1 saturated heterocycles. The van der Waals surface area contributed by atoms with E-state index in [-0.39, 0.29) is 5.91 Å². The molecule has 1 heterocycles. The highest BCUT2D eigenvalue weighted by molar-refractivity contribution is 5.91. The molecule has 0 N–H and O–H groups in total. The molecule has 2 aromatic rings. The van der Waals surface area contributed by atoms with Crippen molar-refractivity contribution in [3.8, 4) is 0 Å². The highest BCUT2D eigenvalue weighted by Crippen LogP contribution is 2.23. The first-order valence-corrected chi connectivity index (χ1v) is 10.8. The summed E-state index contributed by atoms with van der Waals surface area (Å²) in [5.74, 6) is 0.963. The Kier molecular flexibility index (Phi) is 8.10. The quantitative estimate of drug-likeness (QED) is 0.537. The van der Waals surface area contributed by atoms with Crippen LogP contribution in [0.2, 0.25) is 0 Å². The summed E-state index contributed by atoms with van der Waals surface area (Å²) in [6.07, 6.45) is 7.56. The molecule has 3 nitrogen and oxygen atoms in total. The molecule has 3 rings (SSSR count). The van der Waals surface area contributed by atoms with Crippen molar-refractivity contribution in [2.75, 3.05) is 24.5 Å². The average Bonchev–Trinajstić information content (AvgIpc) is 2.72. The van der Waals surface area contributed by atoms with Gasteiger partial charge in [0.15, 0.2) is 0 Å². The molecule has 0 aromatic heterocycles. The van der Waals surface area contributed by atoms with Crippen molar-refractivity contribution in [1.29, 1.82) is 0 Å². The lowest BCUT2D eigenvalue weighted by Crippen LogP contribution is -2.34. The second-order valence-corrected chi connectivity index (χ2v) is 8.08. The zero-order chi connectivity index (χ0) is 19.6. The van der Waals surface area contributed by atoms with Gasteiger partial charge in [0.05, 0.1) is 0 Å². The standard InChI is InChI=1S/C25H34N2O/c1-22(28)27(25-16-8-3-9-17-25)19-10-4-7-14-24-15-11-18-26(21-24)20-23-12-5-2-6-13-23/h2-3,5-6,8-9,12-13,16-17,24H,4,7,10-11,14-15,18-21H2,1H3. The molecule has 150 valence electrons. The van der Waals surface area contributed by atoms with Gasteiger partial charge in [-0.2, -0.15) is 0 Å². The van der Waals surface area contributed by atoms with E-state index in [1.165, 1.54) is 50.8 Å². The number of likely N-dealkylation sites (tertiary alicyclic amines) is 1. The SMILES string of the molecule is CC(=O)N(CCCCCC1CCCN(Cc2ccccc2)C1)c1ccccc1. The van der Waals surface area contributed by atoms with Crippen LogP contribution in [0.25, 0.3) is 0 Å². The highest BCUT2D eigenvalue weighted by atomic mass is 16.2. The molecular formula is C25H34N2O. The van der Waals surface area contributed by atoms with Crippen LogP contribution in [0.15, 0.2) is 60.7 Å². The molecule has 0 radical (unpaired) electrons. The maximum Gasteiger partial charge on any atom is 0.223 e. The Morgan fingerprint density at radius 3 is 2.43 bits per heavy atom. The van der Waals surface area contributed by atoms with Crippen molar-refractivity contribution >= 4 is 11.6 Å². The van der Waals surface area contributed by atoms with Gasteiger partial charge in [-0.15, -0.1) is 0 Å². The van der Waals surface area contributed by atoms with Gasteiger partial charge in [-0.1, -0.05) is 61.4 Å². The fraction of sp³-hybridized carbons (Fsp3) is 0.480. The van der Waals surface area contributed by atoms with Crippen LogP contribution in [0.5, 0.6) is 0 Å². The van der Waals surface area contributed by atoms with Crippen LogP contribution in [0, 0.1) is 5.92 Å². The van der Waals surface area contributed by atoms with Gasteiger partial charge in [0.2, 0.25) is 5.91 Å². The lowest BCUT2D eigenvalue weighted by molar-refractivity contribution is -0.116. The third-order valence-electron chi connectivity index (χ3n) is 5.79. The summed E-state index contributed by atoms with van der Waals surface area (Å²) in [6, 6.07) is 20.8. The number of nitrogens with zero attached hydrogens (tertiary/aromatic N) is 2. The summed E-state index contributed by atoms with van der Waals surface area (Å²) in [5, 5.41) is 0. The molecule has 3 heteroatoms. The molecule has 2 aromatic carbocycles. The maximum atomic E-state index is 12.0. The summed E-state index contributed by atoms with van der Waals surface area (Å²) in [6.45, 7) is 6.04. The van der Waals surface area contributed by atoms with Gasteiger partial charge in [-0.25, -0.2) is 0 Å². The molecule has 1 aliphatic heterocycles. The third-order valence-corrected chi connectivity index (χ3v) is 5.79. The molecule has 1 unspecified atom stereocenters. The number of hydrogen-bond acceptors (Lipinski definition) is 2. The Labute approximate surface area is 170 Å². The fourth-order valence-corrected chi connectivity index (χ4v) is 4.33. The molecule has 1 amide bonds. The Morgan fingerprint density at radius 2 is 1.71 bits per heavy atom. The first-order chi connectivity index (χ1) is 13.7. The molecule has 0 bridgehead atoms. The fourth-order valence-electron chi connectivity index (χ4n) is 4.33. The van der Waals surface area contributed by atoms with E-state index < -0.39 is 0 Å². The van der Waals surface area contributed by atoms with Crippen LogP contribution in [0.1, 0.15) is 51.0 Å². The minimum Gasteiger partial charge on any atom is -0.313 e. The molecule has 0 spiro atoms. The van der Waals surface area contributed by atoms with Gasteiger partial charge in [0.25, 0.3) is 0 Å². The zero-order valence-electron chi connectivity index (χ0n) is 17.2. The predicted molar refractivity (Wildman–Crippen MR) is 117 cm³/mol. The smallest absolute Gasteiger partial charge is 0.223 e. The van der Waals surface area contributed by atoms with E-state index in [1.807, 2.05) is 35.2 Å². The van der Waals surface area contributed by atoms with Crippen molar-refractivity contribution in [3.63, 3.8) is 0 Å². The van der Waals surface area contributed by atoms with E-state index in [0.717, 1.165) is 31.1 Å². The lowest BCUT2D eigenvalue weighted by atomic mass is 9.92. The number of carbonyl (C=O) groups is 1. The van der Waals surface area contributed by atoms with E-state index in [1.54, 1.807) is 6.92 Å². The summed E-state index contributed by atoms with van der Waals surface area (Å²) >= 11 is 0. The van der Waals surface area contributed by atoms with Gasteiger partial charge < -0.3 is 4.90 Å². The van der Waals surface area contributed by atoms with E-state index in [2.05, 4.69) is 35.2 Å². The lowest BCUT2D eigenvalue weighted by Gasteiger charge is -2.33. The topological polar surface area (TPSA) is 23.6 Å². The van der Waals surface area contributed by atoms with Gasteiger partial charge in [0.1, 0.15) is 0 Å². The summed E-state index contributed by atoms with van der Waals surface area (Å²) in [7, 11) is 0. The van der Waals surface area contributed by atoms with Gasteiger partial charge in [0, 0.05) is 32.2 Å². The van der Waals surface area contributed by atoms with Crippen molar-refractivity contribution in [2.24, 2.45) is 5.92 Å². The largest absolute Gasteiger partial charge is 0.313 e. The predicted octanol–water partition coefficient (Wildman–Crippen LogP) is 5.51. The second-order valence-electron chi connectivity index (χ2n) is 8.08. The molecule has 1 atom stereocenters. The van der Waals surface area contributed by atoms with E-state index in [9.17, 15) is 4.79 Å². The number of rotatable bonds is 9. The van der Waals surface area contributed by atoms with E-state index >= 15 is 0 Å². The molecular weight excluding hydrogens is 344 g/mol. The van der Waals surface area contributed by atoms with Crippen LogP contribution in [-0.2, 0) is 11.3 Å². The van der Waals surface area contributed by atoms with Gasteiger partial charge in [-0.3, -0.25) is 9.69 Å². The Balaban J connectivity index is 1.36. The number of hydrogen-bond donors (Lipinski definition) is 0. The average molecular weight is 379 g/mol. The van der Waals surface area contributed by atoms with E-state index in [4.69, 9.17) is 0 Å². The van der Waals surface area contributed by atoms with Crippen LogP contribution >= 0.6 is 0 Å². The Hall–Kier alpha value is -2.13. The normalized spacial score (nSPS) is 17.4. The summed E-state index contributed by atoms with van der Waals surface area (Å²) < 4.78 is 0. The first-order valence-electron chi connectivity index (χ1n) is 10.8. The van der Waals surface area contributed by atoms with Crippen LogP contribution in [0.3, 0.4) is 0 Å². The number of carbonyl (C=O) groups excluding carboxylic acids is 1. The third kappa shape index (κ3) is 6.49. The maximum absolute atomic E-state index is 12.0. The van der Waals surface area contributed by atoms with Crippen LogP contribution in [-0.4, -0.2) is 30.4 Å². The number of piperidine rings is 1. The second kappa shape index (κ2) is 11.0. The van der Waals surface area contributed by atoms with E-state index in [0.29, 0.717) is 0 Å². The molecule has 1 fully saturated rings. The monoisotopic (exact) mass is 378 g/mol. The van der Waals surface area contributed by atoms with Gasteiger partial charge in [-0.05, 0) is 55.8 Å². The number of amides is 1. The number of para-hydroxylation sites is 1. The molecule has 28 heavy (non-hydrogen) atoms. The summed E-state index contributed by atoms with van der Waals surface area (Å²) in [4.78, 5) is 16.5. The van der Waals surface area contributed by atoms with Crippen molar-refractivity contribution in [2.45, 2.75) is 52.0 Å². The van der Waals surface area contributed by atoms with Gasteiger partial charge >= 0.3 is 0 Å². The number of anilines is 1. The van der Waals surface area contributed by atoms with Crippen molar-refractivity contribution in [3.05, 3.63) is 66.2 Å². The van der Waals surface area contributed by atoms with Crippen LogP contribution in [0.4, 0.5) is 5.69 Å². The minimum absolute atomic E-state index is 0.134. The minimum atomic E-state index is 0.134. The Bertz CT molecular complexity index is 701. The van der Waals surface area contributed by atoms with Crippen molar-refractivity contribution < 1.29 is 4.79 Å². The zero-order valence-corrected chi connectivity index (χ0v) is 17.2. The Morgan fingerprint density at radius 1 is 1.00 bits per heavy atom. The van der Waals surface area contributed by atoms with Crippen LogP contribution < -0.4 is 4.90 Å². The highest BCUT2D eigenvalue weighted by Gasteiger charge is 2.19. The number of unbranched alkanes of at least 4 members (excludes halogenated alkanes) is 2. The molecule has 0 saturated carbocycles. The molecule has 0 aliphatic carbocycles. The first kappa shape index (κ1) is 20.6.